The molecule has 0 amide bonds. The lowest BCUT2D eigenvalue weighted by molar-refractivity contribution is 0.445. The number of hydrogen-bond donors (Lipinski definition) is 3. The average molecular weight is 278 g/mol. The molecule has 1 unspecified atom stereocenters. The minimum Gasteiger partial charge on any atom is -0.318 e. The second kappa shape index (κ2) is 8.42. The predicted molar refractivity (Wildman–Crippen MR) is 84.1 cm³/mol. The molecule has 1 atom stereocenters. The molecule has 1 fully saturated rings. The molecule has 0 spiro atoms. The fourth-order valence-corrected chi connectivity index (χ4v) is 3.37. The smallest absolute Gasteiger partial charge is 0.0522 e. The lowest BCUT2D eigenvalue weighted by Gasteiger charge is -2.21. The fourth-order valence-electron chi connectivity index (χ4n) is 3.37. The molecule has 1 aromatic heterocycles. The third-order valence-electron chi connectivity index (χ3n) is 4.59. The number of aromatic nitrogens is 2. The molecule has 114 valence electrons. The first-order chi connectivity index (χ1) is 9.85. The van der Waals surface area contributed by atoms with Crippen LogP contribution in [0.3, 0.4) is 0 Å². The summed E-state index contributed by atoms with van der Waals surface area (Å²) >= 11 is 0. The van der Waals surface area contributed by atoms with Crippen molar-refractivity contribution in [3.63, 3.8) is 0 Å². The van der Waals surface area contributed by atoms with Crippen molar-refractivity contribution < 1.29 is 0 Å². The zero-order chi connectivity index (χ0) is 14.2. The van der Waals surface area contributed by atoms with Crippen LogP contribution in [0.1, 0.15) is 62.1 Å². The summed E-state index contributed by atoms with van der Waals surface area (Å²) in [6, 6.07) is 0.477. The Morgan fingerprint density at radius 3 is 2.55 bits per heavy atom. The van der Waals surface area contributed by atoms with Crippen molar-refractivity contribution in [2.75, 3.05) is 20.6 Å². The quantitative estimate of drug-likeness (QED) is 0.749. The summed E-state index contributed by atoms with van der Waals surface area (Å²) in [5.74, 6) is 0.694. The first-order valence-corrected chi connectivity index (χ1v) is 8.19. The Hall–Kier alpha value is -0.870. The number of likely N-dealkylation sites (N-methyl/N-ethyl adjacent to an activating group) is 2. The van der Waals surface area contributed by atoms with Crippen molar-refractivity contribution in [1.29, 1.82) is 0 Å². The van der Waals surface area contributed by atoms with Crippen LogP contribution in [-0.2, 0) is 6.42 Å². The number of hydrogen-bond acceptors (Lipinski definition) is 3. The summed E-state index contributed by atoms with van der Waals surface area (Å²) < 4.78 is 0. The molecule has 4 nitrogen and oxygen atoms in total. The Bertz CT molecular complexity index is 366. The van der Waals surface area contributed by atoms with Crippen LogP contribution in [0.25, 0.3) is 0 Å². The van der Waals surface area contributed by atoms with Gasteiger partial charge in [0.1, 0.15) is 0 Å². The van der Waals surface area contributed by atoms with E-state index >= 15 is 0 Å². The first kappa shape index (κ1) is 15.5. The molecule has 4 heteroatoms. The maximum Gasteiger partial charge on any atom is 0.0522 e. The molecule has 0 aliphatic heterocycles. The Kier molecular flexibility index (Phi) is 6.54. The molecule has 3 N–H and O–H groups in total. The summed E-state index contributed by atoms with van der Waals surface area (Å²) in [6.45, 7) is 0.992. The maximum absolute atomic E-state index is 4.33. The van der Waals surface area contributed by atoms with Gasteiger partial charge in [-0.2, -0.15) is 5.10 Å². The number of rotatable bonds is 6. The molecular formula is C16H30N4. The van der Waals surface area contributed by atoms with Crippen LogP contribution in [0.2, 0.25) is 0 Å². The Labute approximate surface area is 123 Å². The minimum absolute atomic E-state index is 0.477. The SMILES string of the molecule is CNCC(Cc1cn[nH]c1C1CCCCCCC1)NC. The van der Waals surface area contributed by atoms with E-state index in [1.807, 2.05) is 20.3 Å². The van der Waals surface area contributed by atoms with Crippen LogP contribution in [0.5, 0.6) is 0 Å². The molecule has 0 aromatic carbocycles. The lowest BCUT2D eigenvalue weighted by Crippen LogP contribution is -2.37. The molecular weight excluding hydrogens is 248 g/mol. The van der Waals surface area contributed by atoms with E-state index in [0.717, 1.165) is 13.0 Å². The van der Waals surface area contributed by atoms with E-state index in [1.54, 1.807) is 0 Å². The van der Waals surface area contributed by atoms with E-state index in [4.69, 9.17) is 0 Å². The van der Waals surface area contributed by atoms with E-state index in [-0.39, 0.29) is 0 Å². The van der Waals surface area contributed by atoms with E-state index in [2.05, 4.69) is 20.8 Å². The van der Waals surface area contributed by atoms with Crippen LogP contribution >= 0.6 is 0 Å². The van der Waals surface area contributed by atoms with Gasteiger partial charge in [-0.1, -0.05) is 32.1 Å². The van der Waals surface area contributed by atoms with Gasteiger partial charge in [-0.15, -0.1) is 0 Å². The first-order valence-electron chi connectivity index (χ1n) is 8.19. The molecule has 20 heavy (non-hydrogen) atoms. The highest BCUT2D eigenvalue weighted by molar-refractivity contribution is 5.22. The number of H-pyrrole nitrogens is 1. The highest BCUT2D eigenvalue weighted by atomic mass is 15.1. The van der Waals surface area contributed by atoms with E-state index in [0.29, 0.717) is 12.0 Å². The summed E-state index contributed by atoms with van der Waals surface area (Å²) in [7, 11) is 4.05. The molecule has 1 aromatic rings. The zero-order valence-electron chi connectivity index (χ0n) is 13.0. The van der Waals surface area contributed by atoms with Gasteiger partial charge in [-0.05, 0) is 38.9 Å². The molecule has 0 saturated heterocycles. The molecule has 1 saturated carbocycles. The Morgan fingerprint density at radius 1 is 1.20 bits per heavy atom. The van der Waals surface area contributed by atoms with E-state index < -0.39 is 0 Å². The minimum atomic E-state index is 0.477. The Balaban J connectivity index is 2.02. The van der Waals surface area contributed by atoms with Crippen LogP contribution in [-0.4, -0.2) is 36.9 Å². The monoisotopic (exact) mass is 278 g/mol. The van der Waals surface area contributed by atoms with Crippen molar-refractivity contribution in [3.05, 3.63) is 17.5 Å². The van der Waals surface area contributed by atoms with Crippen LogP contribution in [0.4, 0.5) is 0 Å². The van der Waals surface area contributed by atoms with E-state index in [9.17, 15) is 0 Å². The normalized spacial score (nSPS) is 19.5. The third kappa shape index (κ3) is 4.32. The van der Waals surface area contributed by atoms with Crippen molar-refractivity contribution in [1.82, 2.24) is 20.8 Å². The summed E-state index contributed by atoms with van der Waals surface area (Å²) in [5, 5.41) is 14.3. The van der Waals surface area contributed by atoms with Crippen molar-refractivity contribution in [2.45, 2.75) is 63.3 Å². The zero-order valence-corrected chi connectivity index (χ0v) is 13.0. The van der Waals surface area contributed by atoms with Gasteiger partial charge in [0, 0.05) is 24.2 Å². The van der Waals surface area contributed by atoms with E-state index in [1.165, 1.54) is 56.2 Å². The standard InChI is InChI=1S/C16H30N4/c1-17-12-15(18-2)10-14-11-19-20-16(14)13-8-6-4-3-5-7-9-13/h11,13,15,17-18H,3-10,12H2,1-2H3,(H,19,20). The predicted octanol–water partition coefficient (Wildman–Crippen LogP) is 2.59. The van der Waals surface area contributed by atoms with Gasteiger partial charge in [0.05, 0.1) is 6.20 Å². The number of nitrogens with one attached hydrogen (secondary N) is 3. The molecule has 0 bridgehead atoms. The van der Waals surface area contributed by atoms with Gasteiger partial charge in [0.2, 0.25) is 0 Å². The summed E-state index contributed by atoms with van der Waals surface area (Å²) in [5.41, 5.74) is 2.81. The molecule has 1 heterocycles. The van der Waals surface area contributed by atoms with Crippen LogP contribution in [0, 0.1) is 0 Å². The molecule has 0 radical (unpaired) electrons. The van der Waals surface area contributed by atoms with Gasteiger partial charge in [-0.3, -0.25) is 5.10 Å². The number of aromatic amines is 1. The van der Waals surface area contributed by atoms with Crippen molar-refractivity contribution in [2.24, 2.45) is 0 Å². The largest absolute Gasteiger partial charge is 0.318 e. The average Bonchev–Trinajstić information content (AvgIpc) is 2.86. The second-order valence-electron chi connectivity index (χ2n) is 6.10. The highest BCUT2D eigenvalue weighted by Crippen LogP contribution is 2.31. The topological polar surface area (TPSA) is 52.7 Å². The van der Waals surface area contributed by atoms with Gasteiger partial charge >= 0.3 is 0 Å². The fraction of sp³-hybridized carbons (Fsp3) is 0.812. The lowest BCUT2D eigenvalue weighted by atomic mass is 9.86. The third-order valence-corrected chi connectivity index (χ3v) is 4.59. The molecule has 1 aliphatic carbocycles. The number of nitrogens with zero attached hydrogens (tertiary/aromatic N) is 1. The van der Waals surface area contributed by atoms with Gasteiger partial charge in [-0.25, -0.2) is 0 Å². The highest BCUT2D eigenvalue weighted by Gasteiger charge is 2.20. The Morgan fingerprint density at radius 2 is 1.90 bits per heavy atom. The molecule has 1 aliphatic rings. The van der Waals surface area contributed by atoms with Gasteiger partial charge in [0.15, 0.2) is 0 Å². The van der Waals surface area contributed by atoms with Crippen molar-refractivity contribution in [3.8, 4) is 0 Å². The van der Waals surface area contributed by atoms with Crippen molar-refractivity contribution >= 4 is 0 Å². The second-order valence-corrected chi connectivity index (χ2v) is 6.10. The van der Waals surface area contributed by atoms with Gasteiger partial charge in [0.25, 0.3) is 0 Å². The molecule has 2 rings (SSSR count). The van der Waals surface area contributed by atoms with Gasteiger partial charge < -0.3 is 10.6 Å². The van der Waals surface area contributed by atoms with Crippen LogP contribution < -0.4 is 10.6 Å². The summed E-state index contributed by atoms with van der Waals surface area (Å²) in [6.07, 6.45) is 12.7. The van der Waals surface area contributed by atoms with Crippen LogP contribution in [0.15, 0.2) is 6.20 Å². The summed E-state index contributed by atoms with van der Waals surface area (Å²) in [4.78, 5) is 0. The maximum atomic E-state index is 4.33.